The SMILES string of the molecule is OC1(c2nc(-c3ccoc3)no2)CCNCC1. The number of piperidine rings is 1. The molecular weight excluding hydrogens is 222 g/mol. The van der Waals surface area contributed by atoms with E-state index >= 15 is 0 Å². The van der Waals surface area contributed by atoms with E-state index in [9.17, 15) is 5.11 Å². The van der Waals surface area contributed by atoms with Crippen LogP contribution in [0.15, 0.2) is 27.5 Å². The van der Waals surface area contributed by atoms with Gasteiger partial charge in [-0.1, -0.05) is 5.16 Å². The van der Waals surface area contributed by atoms with Gasteiger partial charge in [0.25, 0.3) is 5.89 Å². The minimum absolute atomic E-state index is 0.287. The first-order chi connectivity index (χ1) is 8.28. The van der Waals surface area contributed by atoms with E-state index in [-0.39, 0.29) is 5.89 Å². The van der Waals surface area contributed by atoms with Gasteiger partial charge in [0.1, 0.15) is 11.9 Å². The van der Waals surface area contributed by atoms with E-state index in [1.165, 1.54) is 0 Å². The summed E-state index contributed by atoms with van der Waals surface area (Å²) < 4.78 is 10.1. The van der Waals surface area contributed by atoms with Crippen molar-refractivity contribution in [1.82, 2.24) is 15.5 Å². The highest BCUT2D eigenvalue weighted by Gasteiger charge is 2.37. The predicted octanol–water partition coefficient (Wildman–Crippen LogP) is 0.901. The molecule has 0 unspecified atom stereocenters. The summed E-state index contributed by atoms with van der Waals surface area (Å²) in [7, 11) is 0. The molecule has 0 saturated carbocycles. The van der Waals surface area contributed by atoms with Crippen molar-refractivity contribution in [3.8, 4) is 11.4 Å². The molecule has 0 aromatic carbocycles. The quantitative estimate of drug-likeness (QED) is 0.804. The lowest BCUT2D eigenvalue weighted by Crippen LogP contribution is -2.39. The van der Waals surface area contributed by atoms with Crippen LogP contribution in [0.4, 0.5) is 0 Å². The Morgan fingerprint density at radius 1 is 1.35 bits per heavy atom. The lowest BCUT2D eigenvalue weighted by atomic mass is 9.92. The van der Waals surface area contributed by atoms with Gasteiger partial charge in [-0.05, 0) is 32.0 Å². The lowest BCUT2D eigenvalue weighted by molar-refractivity contribution is -0.0228. The molecule has 1 fully saturated rings. The number of hydrogen-bond acceptors (Lipinski definition) is 6. The fraction of sp³-hybridized carbons (Fsp3) is 0.455. The van der Waals surface area contributed by atoms with Crippen LogP contribution in [-0.4, -0.2) is 28.3 Å². The van der Waals surface area contributed by atoms with Crippen molar-refractivity contribution < 1.29 is 14.0 Å². The Morgan fingerprint density at radius 2 is 2.18 bits per heavy atom. The van der Waals surface area contributed by atoms with Crippen LogP contribution in [0.5, 0.6) is 0 Å². The van der Waals surface area contributed by atoms with Gasteiger partial charge < -0.3 is 19.4 Å². The zero-order valence-electron chi connectivity index (χ0n) is 9.22. The summed E-state index contributed by atoms with van der Waals surface area (Å²) in [5.74, 6) is 0.732. The van der Waals surface area contributed by atoms with Gasteiger partial charge in [-0.15, -0.1) is 0 Å². The Morgan fingerprint density at radius 3 is 2.88 bits per heavy atom. The lowest BCUT2D eigenvalue weighted by Gasteiger charge is -2.28. The fourth-order valence-corrected chi connectivity index (χ4v) is 1.98. The van der Waals surface area contributed by atoms with Crippen molar-refractivity contribution in [3.05, 3.63) is 24.5 Å². The van der Waals surface area contributed by atoms with Crippen LogP contribution in [0, 0.1) is 0 Å². The molecule has 0 amide bonds. The molecule has 1 aliphatic rings. The average molecular weight is 235 g/mol. The maximum Gasteiger partial charge on any atom is 0.259 e. The largest absolute Gasteiger partial charge is 0.472 e. The Balaban J connectivity index is 1.89. The van der Waals surface area contributed by atoms with Crippen LogP contribution < -0.4 is 5.32 Å². The van der Waals surface area contributed by atoms with Gasteiger partial charge >= 0.3 is 0 Å². The van der Waals surface area contributed by atoms with Gasteiger partial charge in [-0.3, -0.25) is 0 Å². The molecule has 90 valence electrons. The fourth-order valence-electron chi connectivity index (χ4n) is 1.98. The molecule has 2 N–H and O–H groups in total. The Bertz CT molecular complexity index is 486. The maximum absolute atomic E-state index is 10.4. The zero-order chi connectivity index (χ0) is 11.7. The third-order valence-electron chi connectivity index (χ3n) is 3.03. The molecule has 0 atom stereocenters. The summed E-state index contributed by atoms with van der Waals surface area (Å²) in [6, 6.07) is 1.75. The Kier molecular flexibility index (Phi) is 2.45. The van der Waals surface area contributed by atoms with Gasteiger partial charge in [0.2, 0.25) is 5.82 Å². The first-order valence-corrected chi connectivity index (χ1v) is 5.58. The molecule has 17 heavy (non-hydrogen) atoms. The number of furan rings is 1. The van der Waals surface area contributed by atoms with Gasteiger partial charge in [0.15, 0.2) is 0 Å². The summed E-state index contributed by atoms with van der Waals surface area (Å²) in [5, 5.41) is 17.4. The van der Waals surface area contributed by atoms with E-state index < -0.39 is 5.60 Å². The molecular formula is C11H13N3O3. The molecule has 1 aliphatic heterocycles. The van der Waals surface area contributed by atoms with Gasteiger partial charge in [0.05, 0.1) is 11.8 Å². The van der Waals surface area contributed by atoms with Crippen molar-refractivity contribution in [2.45, 2.75) is 18.4 Å². The smallest absolute Gasteiger partial charge is 0.259 e. The first kappa shape index (κ1) is 10.5. The van der Waals surface area contributed by atoms with Crippen LogP contribution in [0.25, 0.3) is 11.4 Å². The molecule has 2 aromatic heterocycles. The van der Waals surface area contributed by atoms with Crippen molar-refractivity contribution in [2.75, 3.05) is 13.1 Å². The minimum atomic E-state index is -1.000. The number of hydrogen-bond donors (Lipinski definition) is 2. The standard InChI is InChI=1S/C11H13N3O3/c15-11(2-4-12-5-3-11)10-13-9(14-17-10)8-1-6-16-7-8/h1,6-7,12,15H,2-5H2. The zero-order valence-corrected chi connectivity index (χ0v) is 9.22. The van der Waals surface area contributed by atoms with E-state index in [1.807, 2.05) is 0 Å². The van der Waals surface area contributed by atoms with E-state index in [1.54, 1.807) is 18.6 Å². The molecule has 0 radical (unpaired) electrons. The van der Waals surface area contributed by atoms with Crippen LogP contribution >= 0.6 is 0 Å². The van der Waals surface area contributed by atoms with E-state index in [0.717, 1.165) is 18.7 Å². The van der Waals surface area contributed by atoms with Crippen LogP contribution in [-0.2, 0) is 5.60 Å². The molecule has 3 heterocycles. The molecule has 0 bridgehead atoms. The summed E-state index contributed by atoms with van der Waals surface area (Å²) in [6.07, 6.45) is 4.26. The van der Waals surface area contributed by atoms with Crippen molar-refractivity contribution in [3.63, 3.8) is 0 Å². The Labute approximate surface area is 97.6 Å². The summed E-state index contributed by atoms with van der Waals surface area (Å²) >= 11 is 0. The molecule has 3 rings (SSSR count). The molecule has 6 nitrogen and oxygen atoms in total. The topological polar surface area (TPSA) is 84.3 Å². The highest BCUT2D eigenvalue weighted by molar-refractivity contribution is 5.51. The predicted molar refractivity (Wildman–Crippen MR) is 58.0 cm³/mol. The molecule has 0 aliphatic carbocycles. The number of aromatic nitrogens is 2. The van der Waals surface area contributed by atoms with Gasteiger partial charge in [-0.2, -0.15) is 4.98 Å². The van der Waals surface area contributed by atoms with E-state index in [4.69, 9.17) is 8.94 Å². The second-order valence-electron chi connectivity index (χ2n) is 4.22. The molecule has 2 aromatic rings. The molecule has 0 spiro atoms. The van der Waals surface area contributed by atoms with Crippen molar-refractivity contribution >= 4 is 0 Å². The Hall–Kier alpha value is -1.66. The second kappa shape index (κ2) is 3.97. The summed E-state index contributed by atoms with van der Waals surface area (Å²) in [5.41, 5.74) is -0.252. The van der Waals surface area contributed by atoms with Crippen LogP contribution in [0.1, 0.15) is 18.7 Å². The minimum Gasteiger partial charge on any atom is -0.472 e. The number of nitrogens with zero attached hydrogens (tertiary/aromatic N) is 2. The van der Waals surface area contributed by atoms with Crippen molar-refractivity contribution in [1.29, 1.82) is 0 Å². The normalized spacial score (nSPS) is 19.4. The molecule has 6 heteroatoms. The number of aliphatic hydroxyl groups is 1. The van der Waals surface area contributed by atoms with Gasteiger partial charge in [-0.25, -0.2) is 0 Å². The third-order valence-corrected chi connectivity index (χ3v) is 3.03. The highest BCUT2D eigenvalue weighted by Crippen LogP contribution is 2.30. The highest BCUT2D eigenvalue weighted by atomic mass is 16.5. The number of rotatable bonds is 2. The second-order valence-corrected chi connectivity index (χ2v) is 4.22. The number of nitrogens with one attached hydrogen (secondary N) is 1. The summed E-state index contributed by atoms with van der Waals surface area (Å²) in [4.78, 5) is 4.23. The maximum atomic E-state index is 10.4. The third kappa shape index (κ3) is 1.85. The van der Waals surface area contributed by atoms with Gasteiger partial charge in [0, 0.05) is 0 Å². The van der Waals surface area contributed by atoms with E-state index in [0.29, 0.717) is 18.7 Å². The first-order valence-electron chi connectivity index (χ1n) is 5.58. The van der Waals surface area contributed by atoms with Crippen LogP contribution in [0.3, 0.4) is 0 Å². The van der Waals surface area contributed by atoms with Crippen molar-refractivity contribution in [2.24, 2.45) is 0 Å². The molecule has 1 saturated heterocycles. The monoisotopic (exact) mass is 235 g/mol. The average Bonchev–Trinajstić information content (AvgIpc) is 3.01. The summed E-state index contributed by atoms with van der Waals surface area (Å²) in [6.45, 7) is 1.50. The van der Waals surface area contributed by atoms with E-state index in [2.05, 4.69) is 15.5 Å². The van der Waals surface area contributed by atoms with Crippen LogP contribution in [0.2, 0.25) is 0 Å².